The Labute approximate surface area is 122 Å². The van der Waals surface area contributed by atoms with Crippen molar-refractivity contribution in [3.05, 3.63) is 35.6 Å². The Morgan fingerprint density at radius 3 is 2.55 bits per heavy atom. The van der Waals surface area contributed by atoms with Crippen LogP contribution in [0.1, 0.15) is 57.6 Å². The largest absolute Gasteiger partial charge is 0.326 e. The van der Waals surface area contributed by atoms with Crippen molar-refractivity contribution >= 4 is 0 Å². The number of hydrogen-bond donors (Lipinski definition) is 1. The van der Waals surface area contributed by atoms with Gasteiger partial charge in [-0.2, -0.15) is 0 Å². The van der Waals surface area contributed by atoms with Crippen molar-refractivity contribution < 1.29 is 4.39 Å². The summed E-state index contributed by atoms with van der Waals surface area (Å²) < 4.78 is 13.6. The molecule has 0 radical (unpaired) electrons. The maximum atomic E-state index is 13.6. The predicted molar refractivity (Wildman–Crippen MR) is 82.0 cm³/mol. The first-order valence-electron chi connectivity index (χ1n) is 7.94. The minimum Gasteiger partial charge on any atom is -0.326 e. The summed E-state index contributed by atoms with van der Waals surface area (Å²) in [7, 11) is 0. The first-order valence-corrected chi connectivity index (χ1v) is 7.94. The molecule has 1 aromatic carbocycles. The molecule has 2 rings (SSSR count). The Morgan fingerprint density at radius 1 is 1.30 bits per heavy atom. The Morgan fingerprint density at radius 2 is 2.00 bits per heavy atom. The SMILES string of the molecule is CCC(N)C(c1cccc(F)c1)N(CC)C1CCCC1. The summed E-state index contributed by atoms with van der Waals surface area (Å²) in [5.41, 5.74) is 7.40. The highest BCUT2D eigenvalue weighted by Crippen LogP contribution is 2.33. The molecule has 1 aliphatic carbocycles. The van der Waals surface area contributed by atoms with Crippen LogP contribution in [0.3, 0.4) is 0 Å². The maximum Gasteiger partial charge on any atom is 0.123 e. The molecule has 0 spiro atoms. The molecule has 2 nitrogen and oxygen atoms in total. The Balaban J connectivity index is 2.30. The smallest absolute Gasteiger partial charge is 0.123 e. The molecule has 20 heavy (non-hydrogen) atoms. The van der Waals surface area contributed by atoms with Crippen LogP contribution in [0, 0.1) is 5.82 Å². The standard InChI is InChI=1S/C17H27FN2/c1-3-16(19)17(13-8-7-9-14(18)12-13)20(4-2)15-10-5-6-11-15/h7-9,12,15-17H,3-6,10-11,19H2,1-2H3. The highest BCUT2D eigenvalue weighted by atomic mass is 19.1. The average molecular weight is 278 g/mol. The third-order valence-corrected chi connectivity index (χ3v) is 4.58. The van der Waals surface area contributed by atoms with Gasteiger partial charge in [0.15, 0.2) is 0 Å². The van der Waals surface area contributed by atoms with Gasteiger partial charge < -0.3 is 5.73 Å². The minimum atomic E-state index is -0.168. The van der Waals surface area contributed by atoms with Gasteiger partial charge >= 0.3 is 0 Å². The van der Waals surface area contributed by atoms with E-state index in [2.05, 4.69) is 18.7 Å². The molecular formula is C17H27FN2. The van der Waals surface area contributed by atoms with E-state index in [4.69, 9.17) is 5.73 Å². The molecule has 0 aliphatic heterocycles. The fourth-order valence-electron chi connectivity index (χ4n) is 3.52. The first kappa shape index (κ1) is 15.5. The molecule has 0 amide bonds. The molecule has 3 heteroatoms. The van der Waals surface area contributed by atoms with Crippen molar-refractivity contribution in [1.82, 2.24) is 4.90 Å². The molecule has 0 bridgehead atoms. The lowest BCUT2D eigenvalue weighted by molar-refractivity contribution is 0.121. The Hall–Kier alpha value is -0.930. The van der Waals surface area contributed by atoms with Crippen molar-refractivity contribution in [3.63, 3.8) is 0 Å². The van der Waals surface area contributed by atoms with Gasteiger partial charge in [0.1, 0.15) is 5.82 Å². The van der Waals surface area contributed by atoms with E-state index in [1.165, 1.54) is 31.7 Å². The van der Waals surface area contributed by atoms with Gasteiger partial charge in [-0.1, -0.05) is 38.8 Å². The second kappa shape index (κ2) is 7.19. The number of nitrogens with zero attached hydrogens (tertiary/aromatic N) is 1. The molecular weight excluding hydrogens is 251 g/mol. The zero-order valence-corrected chi connectivity index (χ0v) is 12.7. The van der Waals surface area contributed by atoms with Crippen LogP contribution >= 0.6 is 0 Å². The Bertz CT molecular complexity index is 415. The van der Waals surface area contributed by atoms with E-state index in [1.807, 2.05) is 6.07 Å². The molecule has 1 aromatic rings. The van der Waals surface area contributed by atoms with Crippen LogP contribution in [-0.4, -0.2) is 23.5 Å². The summed E-state index contributed by atoms with van der Waals surface area (Å²) in [4.78, 5) is 2.50. The van der Waals surface area contributed by atoms with E-state index in [9.17, 15) is 4.39 Å². The molecule has 1 aliphatic rings. The van der Waals surface area contributed by atoms with Gasteiger partial charge in [0.05, 0.1) is 6.04 Å². The topological polar surface area (TPSA) is 29.3 Å². The van der Waals surface area contributed by atoms with E-state index >= 15 is 0 Å². The zero-order chi connectivity index (χ0) is 14.5. The molecule has 2 unspecified atom stereocenters. The zero-order valence-electron chi connectivity index (χ0n) is 12.7. The minimum absolute atomic E-state index is 0.0531. The van der Waals surface area contributed by atoms with Crippen LogP contribution in [0.2, 0.25) is 0 Å². The van der Waals surface area contributed by atoms with Gasteiger partial charge in [-0.15, -0.1) is 0 Å². The van der Waals surface area contributed by atoms with Crippen LogP contribution < -0.4 is 5.73 Å². The number of nitrogens with two attached hydrogens (primary N) is 1. The summed E-state index contributed by atoms with van der Waals surface area (Å²) >= 11 is 0. The van der Waals surface area contributed by atoms with Crippen LogP contribution in [0.15, 0.2) is 24.3 Å². The summed E-state index contributed by atoms with van der Waals surface area (Å²) in [6, 6.07) is 7.75. The number of likely N-dealkylation sites (N-methyl/N-ethyl adjacent to an activating group) is 1. The number of rotatable bonds is 6. The fourth-order valence-corrected chi connectivity index (χ4v) is 3.52. The van der Waals surface area contributed by atoms with E-state index in [-0.39, 0.29) is 17.9 Å². The summed E-state index contributed by atoms with van der Waals surface area (Å²) in [5, 5.41) is 0. The third kappa shape index (κ3) is 3.39. The van der Waals surface area contributed by atoms with E-state index in [1.54, 1.807) is 12.1 Å². The summed E-state index contributed by atoms with van der Waals surface area (Å²) in [6.45, 7) is 5.27. The van der Waals surface area contributed by atoms with Crippen LogP contribution in [0.4, 0.5) is 4.39 Å². The van der Waals surface area contributed by atoms with Crippen molar-refractivity contribution in [2.75, 3.05) is 6.54 Å². The van der Waals surface area contributed by atoms with Gasteiger partial charge in [0.2, 0.25) is 0 Å². The predicted octanol–water partition coefficient (Wildman–Crippen LogP) is 3.87. The second-order valence-corrected chi connectivity index (χ2v) is 5.84. The number of benzene rings is 1. The van der Waals surface area contributed by atoms with Crippen LogP contribution in [0.25, 0.3) is 0 Å². The molecule has 1 saturated carbocycles. The van der Waals surface area contributed by atoms with E-state index in [0.29, 0.717) is 6.04 Å². The molecule has 1 fully saturated rings. The van der Waals surface area contributed by atoms with Crippen LogP contribution in [0.5, 0.6) is 0 Å². The number of halogens is 1. The quantitative estimate of drug-likeness (QED) is 0.856. The number of hydrogen-bond acceptors (Lipinski definition) is 2. The summed E-state index contributed by atoms with van der Waals surface area (Å²) in [6.07, 6.45) is 6.01. The lowest BCUT2D eigenvalue weighted by atomic mass is 9.94. The molecule has 2 atom stereocenters. The molecule has 0 heterocycles. The van der Waals surface area contributed by atoms with E-state index < -0.39 is 0 Å². The fraction of sp³-hybridized carbons (Fsp3) is 0.647. The first-order chi connectivity index (χ1) is 9.67. The Kier molecular flexibility index (Phi) is 5.55. The third-order valence-electron chi connectivity index (χ3n) is 4.58. The molecule has 0 aromatic heterocycles. The summed E-state index contributed by atoms with van der Waals surface area (Å²) in [5.74, 6) is -0.168. The lowest BCUT2D eigenvalue weighted by Gasteiger charge is -2.39. The van der Waals surface area contributed by atoms with Gasteiger partial charge in [0, 0.05) is 12.1 Å². The van der Waals surface area contributed by atoms with Gasteiger partial charge in [0.25, 0.3) is 0 Å². The highest BCUT2D eigenvalue weighted by Gasteiger charge is 2.31. The van der Waals surface area contributed by atoms with Crippen molar-refractivity contribution in [2.24, 2.45) is 5.73 Å². The molecule has 112 valence electrons. The molecule has 0 saturated heterocycles. The normalized spacial score (nSPS) is 19.4. The van der Waals surface area contributed by atoms with Gasteiger partial charge in [-0.05, 0) is 43.5 Å². The maximum absolute atomic E-state index is 13.6. The van der Waals surface area contributed by atoms with Crippen LogP contribution in [-0.2, 0) is 0 Å². The average Bonchev–Trinajstić information content (AvgIpc) is 2.97. The van der Waals surface area contributed by atoms with E-state index in [0.717, 1.165) is 18.5 Å². The molecule has 2 N–H and O–H groups in total. The lowest BCUT2D eigenvalue weighted by Crippen LogP contribution is -2.45. The van der Waals surface area contributed by atoms with Crippen molar-refractivity contribution in [2.45, 2.75) is 64.1 Å². The van der Waals surface area contributed by atoms with Crippen molar-refractivity contribution in [3.8, 4) is 0 Å². The van der Waals surface area contributed by atoms with Gasteiger partial charge in [-0.3, -0.25) is 4.90 Å². The highest BCUT2D eigenvalue weighted by molar-refractivity contribution is 5.22. The van der Waals surface area contributed by atoms with Crippen molar-refractivity contribution in [1.29, 1.82) is 0 Å². The second-order valence-electron chi connectivity index (χ2n) is 5.84. The monoisotopic (exact) mass is 278 g/mol. The van der Waals surface area contributed by atoms with Gasteiger partial charge in [-0.25, -0.2) is 4.39 Å².